The van der Waals surface area contributed by atoms with Gasteiger partial charge in [0.15, 0.2) is 22.8 Å². The van der Waals surface area contributed by atoms with Crippen molar-refractivity contribution in [3.63, 3.8) is 0 Å². The molecule has 0 bridgehead atoms. The number of carbonyl (C=O) groups is 3. The molecule has 182 valence electrons. The molecular formula is C26H34ClFO5. The summed E-state index contributed by atoms with van der Waals surface area (Å²) in [6, 6.07) is 0. The summed E-state index contributed by atoms with van der Waals surface area (Å²) in [5.74, 6) is -2.70. The second-order valence-corrected chi connectivity index (χ2v) is 11.3. The number of allylic oxidation sites excluding steroid dienone is 4. The molecule has 4 rings (SSSR count). The lowest BCUT2D eigenvalue weighted by Gasteiger charge is -2.63. The van der Waals surface area contributed by atoms with Crippen LogP contribution in [0.1, 0.15) is 60.3 Å². The number of ether oxygens (including phenoxy) is 1. The number of Topliss-reactive ketones (excluding diaryl/α,β-unsaturated/α-hetero) is 1. The Balaban J connectivity index is 1.88. The second-order valence-electron chi connectivity index (χ2n) is 11.0. The zero-order valence-electron chi connectivity index (χ0n) is 20.0. The second kappa shape index (κ2) is 7.74. The van der Waals surface area contributed by atoms with E-state index in [1.54, 1.807) is 19.9 Å². The molecule has 0 aromatic carbocycles. The number of ketones is 2. The number of halogens is 2. The van der Waals surface area contributed by atoms with Gasteiger partial charge >= 0.3 is 5.97 Å². The van der Waals surface area contributed by atoms with E-state index >= 15 is 4.39 Å². The zero-order chi connectivity index (χ0) is 24.6. The molecule has 5 nitrogen and oxygen atoms in total. The highest BCUT2D eigenvalue weighted by Gasteiger charge is 2.77. The summed E-state index contributed by atoms with van der Waals surface area (Å²) < 4.78 is 23.3. The number of aliphatic hydroxyl groups excluding tert-OH is 1. The van der Waals surface area contributed by atoms with Crippen LogP contribution >= 0.6 is 11.6 Å². The van der Waals surface area contributed by atoms with Crippen LogP contribution in [0.25, 0.3) is 0 Å². The third-order valence-electron chi connectivity index (χ3n) is 9.61. The van der Waals surface area contributed by atoms with Crippen LogP contribution < -0.4 is 0 Å². The standard InChI is InChI=1S/C26H34ClFO5/c1-6-22(32)33-26(21(31)13-27)15(3)10-18-19-9-14(2)17-11-16(29)7-8-23(17,4)25(19,28)20(30)12-24(18,26)5/h7-8,11,14-15,18-20,30H,6,9-10,12-13H2,1-5H3/t14?,15?,18-,19-,20?,23-,24-,25-,26-/m0/s1. The fourth-order valence-corrected chi connectivity index (χ4v) is 8.34. The van der Waals surface area contributed by atoms with Crippen molar-refractivity contribution in [2.24, 2.45) is 34.5 Å². The van der Waals surface area contributed by atoms with Crippen LogP contribution in [0.4, 0.5) is 4.39 Å². The van der Waals surface area contributed by atoms with Gasteiger partial charge in [-0.3, -0.25) is 14.4 Å². The average molecular weight is 481 g/mol. The Morgan fingerprint density at radius 3 is 2.52 bits per heavy atom. The van der Waals surface area contributed by atoms with E-state index in [-0.39, 0.29) is 48.0 Å². The summed E-state index contributed by atoms with van der Waals surface area (Å²) in [4.78, 5) is 38.0. The third kappa shape index (κ3) is 2.89. The third-order valence-corrected chi connectivity index (χ3v) is 9.85. The van der Waals surface area contributed by atoms with Gasteiger partial charge in [-0.2, -0.15) is 0 Å². The van der Waals surface area contributed by atoms with Crippen LogP contribution in [0.2, 0.25) is 0 Å². The molecule has 0 spiro atoms. The molecule has 4 aliphatic rings. The zero-order valence-corrected chi connectivity index (χ0v) is 20.7. The lowest BCUT2D eigenvalue weighted by atomic mass is 9.43. The fourth-order valence-electron chi connectivity index (χ4n) is 8.14. The Labute approximate surface area is 199 Å². The maximum absolute atomic E-state index is 17.4. The first-order valence-corrected chi connectivity index (χ1v) is 12.5. The first-order chi connectivity index (χ1) is 15.3. The van der Waals surface area contributed by atoms with E-state index in [9.17, 15) is 19.5 Å². The Bertz CT molecular complexity index is 960. The molecule has 1 N–H and O–H groups in total. The summed E-state index contributed by atoms with van der Waals surface area (Å²) in [5.41, 5.74) is -4.90. The minimum Gasteiger partial charge on any atom is -0.450 e. The fraction of sp³-hybridized carbons (Fsp3) is 0.731. The molecule has 7 heteroatoms. The van der Waals surface area contributed by atoms with Gasteiger partial charge in [0.25, 0.3) is 0 Å². The molecule has 0 aromatic heterocycles. The normalized spacial score (nSPS) is 48.4. The molecule has 4 aliphatic carbocycles. The Morgan fingerprint density at radius 1 is 1.24 bits per heavy atom. The lowest BCUT2D eigenvalue weighted by Crippen LogP contribution is -2.70. The van der Waals surface area contributed by atoms with Crippen LogP contribution in [-0.4, -0.2) is 45.9 Å². The molecule has 0 aliphatic heterocycles. The van der Waals surface area contributed by atoms with Crippen molar-refractivity contribution in [1.82, 2.24) is 0 Å². The largest absolute Gasteiger partial charge is 0.450 e. The van der Waals surface area contributed by atoms with Crippen molar-refractivity contribution in [1.29, 1.82) is 0 Å². The number of hydrogen-bond acceptors (Lipinski definition) is 5. The van der Waals surface area contributed by atoms with Crippen LogP contribution in [0.3, 0.4) is 0 Å². The van der Waals surface area contributed by atoms with Crippen LogP contribution in [0.5, 0.6) is 0 Å². The molecule has 0 amide bonds. The van der Waals surface area contributed by atoms with Gasteiger partial charge in [0.05, 0.1) is 12.0 Å². The van der Waals surface area contributed by atoms with Crippen molar-refractivity contribution in [3.05, 3.63) is 23.8 Å². The number of fused-ring (bicyclic) bond motifs is 5. The van der Waals surface area contributed by atoms with E-state index in [2.05, 4.69) is 0 Å². The van der Waals surface area contributed by atoms with E-state index in [1.807, 2.05) is 20.8 Å². The SMILES string of the molecule is CCC(=O)O[C@]1(C(=O)CCl)C(C)C[C@H]2[C@@H]3CC(C)C4=CC(=O)C=C[C@]4(C)[C@@]3(F)C(O)C[C@@]21C. The molecular weight excluding hydrogens is 447 g/mol. The van der Waals surface area contributed by atoms with Gasteiger partial charge in [0.2, 0.25) is 0 Å². The predicted octanol–water partition coefficient (Wildman–Crippen LogP) is 4.35. The number of hydrogen-bond donors (Lipinski definition) is 1. The van der Waals surface area contributed by atoms with Crippen LogP contribution in [0, 0.1) is 34.5 Å². The quantitative estimate of drug-likeness (QED) is 0.478. The van der Waals surface area contributed by atoms with Gasteiger partial charge in [0, 0.05) is 29.1 Å². The van der Waals surface area contributed by atoms with E-state index in [4.69, 9.17) is 16.3 Å². The average Bonchev–Trinajstić information content (AvgIpc) is 2.98. The number of rotatable bonds is 4. The topological polar surface area (TPSA) is 80.7 Å². The van der Waals surface area contributed by atoms with E-state index in [1.165, 1.54) is 12.2 Å². The van der Waals surface area contributed by atoms with Crippen molar-refractivity contribution < 1.29 is 28.6 Å². The summed E-state index contributed by atoms with van der Waals surface area (Å²) in [7, 11) is 0. The van der Waals surface area contributed by atoms with Gasteiger partial charge < -0.3 is 9.84 Å². The minimum atomic E-state index is -2.01. The molecule has 0 saturated heterocycles. The maximum atomic E-state index is 17.4. The van der Waals surface area contributed by atoms with Crippen LogP contribution in [0.15, 0.2) is 23.8 Å². The number of aliphatic hydroxyl groups is 1. The summed E-state index contributed by atoms with van der Waals surface area (Å²) in [6.07, 6.45) is 4.12. The van der Waals surface area contributed by atoms with Crippen molar-refractivity contribution in [2.75, 3.05) is 5.88 Å². The number of carbonyl (C=O) groups excluding carboxylic acids is 3. The van der Waals surface area contributed by atoms with E-state index in [0.29, 0.717) is 18.4 Å². The highest BCUT2D eigenvalue weighted by Crippen LogP contribution is 2.72. The smallest absolute Gasteiger partial charge is 0.306 e. The van der Waals surface area contributed by atoms with Crippen molar-refractivity contribution in [3.8, 4) is 0 Å². The van der Waals surface area contributed by atoms with Gasteiger partial charge in [-0.15, -0.1) is 11.6 Å². The first-order valence-electron chi connectivity index (χ1n) is 12.0. The highest BCUT2D eigenvalue weighted by atomic mass is 35.5. The van der Waals surface area contributed by atoms with Crippen molar-refractivity contribution >= 4 is 29.1 Å². The maximum Gasteiger partial charge on any atom is 0.306 e. The summed E-state index contributed by atoms with van der Waals surface area (Å²) in [5, 5.41) is 11.5. The van der Waals surface area contributed by atoms with Crippen LogP contribution in [-0.2, 0) is 19.1 Å². The lowest BCUT2D eigenvalue weighted by molar-refractivity contribution is -0.229. The molecule has 9 atom stereocenters. The number of esters is 1. The van der Waals surface area contributed by atoms with Gasteiger partial charge in [-0.05, 0) is 50.2 Å². The molecule has 33 heavy (non-hydrogen) atoms. The molecule has 0 radical (unpaired) electrons. The Kier molecular flexibility index (Phi) is 5.77. The van der Waals surface area contributed by atoms with Gasteiger partial charge in [-0.25, -0.2) is 4.39 Å². The Morgan fingerprint density at radius 2 is 1.91 bits per heavy atom. The van der Waals surface area contributed by atoms with Gasteiger partial charge in [0.1, 0.15) is 0 Å². The van der Waals surface area contributed by atoms with Gasteiger partial charge in [-0.1, -0.05) is 39.3 Å². The molecule has 0 heterocycles. The van der Waals surface area contributed by atoms with E-state index in [0.717, 1.165) is 0 Å². The first kappa shape index (κ1) is 24.6. The molecule has 3 fully saturated rings. The van der Waals surface area contributed by atoms with E-state index < -0.39 is 40.1 Å². The summed E-state index contributed by atoms with van der Waals surface area (Å²) in [6.45, 7) is 9.14. The summed E-state index contributed by atoms with van der Waals surface area (Å²) >= 11 is 6.03. The van der Waals surface area contributed by atoms with Crippen molar-refractivity contribution in [2.45, 2.75) is 77.7 Å². The Hall–Kier alpha value is -1.53. The molecule has 3 saturated carbocycles. The molecule has 0 aromatic rings. The predicted molar refractivity (Wildman–Crippen MR) is 122 cm³/mol. The molecule has 3 unspecified atom stereocenters. The highest BCUT2D eigenvalue weighted by molar-refractivity contribution is 6.29. The number of alkyl halides is 2. The monoisotopic (exact) mass is 480 g/mol. The minimum absolute atomic E-state index is 0.0341.